The summed E-state index contributed by atoms with van der Waals surface area (Å²) < 4.78 is 6.53. The fraction of sp³-hybridized carbons (Fsp3) is 0.500. The molecule has 1 aliphatic rings. The first-order valence-electron chi connectivity index (χ1n) is 5.79. The standard InChI is InChI=1S/C12H14N2O5/c1-2-3-7-5-14(12(18)13-11(7)17)10-4-8(16)9(6-15)19-10/h1,5,8-10,15-16H,3-4,6H2,(H,13,17,18). The van der Waals surface area contributed by atoms with Gasteiger partial charge in [0.25, 0.3) is 5.56 Å². The molecule has 2 heterocycles. The summed E-state index contributed by atoms with van der Waals surface area (Å²) in [6.07, 6.45) is 4.40. The number of rotatable bonds is 3. The minimum atomic E-state index is -0.857. The number of ether oxygens (including phenoxy) is 1. The highest BCUT2D eigenvalue weighted by Crippen LogP contribution is 2.27. The molecule has 0 radical (unpaired) electrons. The van der Waals surface area contributed by atoms with Gasteiger partial charge in [-0.05, 0) is 0 Å². The smallest absolute Gasteiger partial charge is 0.330 e. The fourth-order valence-electron chi connectivity index (χ4n) is 2.03. The number of aromatic amines is 1. The summed E-state index contributed by atoms with van der Waals surface area (Å²) >= 11 is 0. The summed E-state index contributed by atoms with van der Waals surface area (Å²) in [5, 5.41) is 18.6. The van der Waals surface area contributed by atoms with Crippen molar-refractivity contribution in [3.05, 3.63) is 32.6 Å². The van der Waals surface area contributed by atoms with Gasteiger partial charge >= 0.3 is 5.69 Å². The maximum Gasteiger partial charge on any atom is 0.330 e. The van der Waals surface area contributed by atoms with Crippen molar-refractivity contribution < 1.29 is 14.9 Å². The van der Waals surface area contributed by atoms with Crippen LogP contribution >= 0.6 is 0 Å². The van der Waals surface area contributed by atoms with Gasteiger partial charge in [0.1, 0.15) is 12.3 Å². The van der Waals surface area contributed by atoms with Crippen LogP contribution in [0.1, 0.15) is 18.2 Å². The minimum Gasteiger partial charge on any atom is -0.394 e. The van der Waals surface area contributed by atoms with Crippen molar-refractivity contribution in [3.63, 3.8) is 0 Å². The Morgan fingerprint density at radius 3 is 2.89 bits per heavy atom. The average molecular weight is 266 g/mol. The highest BCUT2D eigenvalue weighted by atomic mass is 16.5. The van der Waals surface area contributed by atoms with Gasteiger partial charge in [0.05, 0.1) is 12.7 Å². The lowest BCUT2D eigenvalue weighted by Crippen LogP contribution is -2.34. The van der Waals surface area contributed by atoms with Gasteiger partial charge in [0.2, 0.25) is 0 Å². The molecule has 0 aliphatic carbocycles. The second kappa shape index (κ2) is 5.40. The first-order chi connectivity index (χ1) is 9.06. The van der Waals surface area contributed by atoms with Crippen LogP contribution in [0.2, 0.25) is 0 Å². The molecule has 102 valence electrons. The fourth-order valence-corrected chi connectivity index (χ4v) is 2.03. The van der Waals surface area contributed by atoms with Crippen LogP contribution in [0.25, 0.3) is 0 Å². The molecule has 2 rings (SSSR count). The van der Waals surface area contributed by atoms with Crippen LogP contribution in [0.15, 0.2) is 15.8 Å². The van der Waals surface area contributed by atoms with Crippen molar-refractivity contribution >= 4 is 0 Å². The van der Waals surface area contributed by atoms with Crippen LogP contribution in [0.5, 0.6) is 0 Å². The number of aliphatic hydroxyl groups excluding tert-OH is 2. The van der Waals surface area contributed by atoms with Crippen LogP contribution in [0, 0.1) is 12.3 Å². The molecule has 0 amide bonds. The maximum atomic E-state index is 11.7. The molecule has 3 unspecified atom stereocenters. The zero-order chi connectivity index (χ0) is 14.0. The van der Waals surface area contributed by atoms with Crippen molar-refractivity contribution in [1.29, 1.82) is 0 Å². The van der Waals surface area contributed by atoms with E-state index in [1.54, 1.807) is 0 Å². The molecule has 0 saturated carbocycles. The Hall–Kier alpha value is -1.88. The van der Waals surface area contributed by atoms with E-state index in [1.807, 2.05) is 0 Å². The Labute approximate surface area is 108 Å². The number of hydrogen-bond acceptors (Lipinski definition) is 5. The van der Waals surface area contributed by atoms with E-state index in [4.69, 9.17) is 16.3 Å². The maximum absolute atomic E-state index is 11.7. The Morgan fingerprint density at radius 1 is 1.58 bits per heavy atom. The zero-order valence-electron chi connectivity index (χ0n) is 10.1. The van der Waals surface area contributed by atoms with Gasteiger partial charge in [-0.25, -0.2) is 4.79 Å². The summed E-state index contributed by atoms with van der Waals surface area (Å²) in [7, 11) is 0. The summed E-state index contributed by atoms with van der Waals surface area (Å²) in [4.78, 5) is 25.4. The highest BCUT2D eigenvalue weighted by Gasteiger charge is 2.35. The lowest BCUT2D eigenvalue weighted by Gasteiger charge is -2.14. The number of H-pyrrole nitrogens is 1. The molecule has 7 heteroatoms. The molecule has 1 fully saturated rings. The zero-order valence-corrected chi connectivity index (χ0v) is 10.1. The molecule has 0 spiro atoms. The van der Waals surface area contributed by atoms with Gasteiger partial charge in [0, 0.05) is 24.6 Å². The van der Waals surface area contributed by atoms with E-state index in [1.165, 1.54) is 10.8 Å². The van der Waals surface area contributed by atoms with Crippen LogP contribution in [-0.4, -0.2) is 38.6 Å². The van der Waals surface area contributed by atoms with Crippen LogP contribution in [-0.2, 0) is 11.2 Å². The molecule has 1 aromatic rings. The SMILES string of the molecule is C#CCc1cn(C2CC(O)C(CO)O2)c(=O)[nH]c1=O. The molecule has 3 atom stereocenters. The number of nitrogens with one attached hydrogen (secondary N) is 1. The Balaban J connectivity index is 2.36. The van der Waals surface area contributed by atoms with E-state index in [9.17, 15) is 14.7 Å². The summed E-state index contributed by atoms with van der Waals surface area (Å²) in [6, 6.07) is 0. The molecule has 0 bridgehead atoms. The van der Waals surface area contributed by atoms with Gasteiger partial charge in [0.15, 0.2) is 0 Å². The second-order valence-corrected chi connectivity index (χ2v) is 4.32. The van der Waals surface area contributed by atoms with Crippen molar-refractivity contribution in [2.24, 2.45) is 0 Å². The van der Waals surface area contributed by atoms with Gasteiger partial charge in [-0.2, -0.15) is 0 Å². The number of hydrogen-bond donors (Lipinski definition) is 3. The van der Waals surface area contributed by atoms with Crippen LogP contribution < -0.4 is 11.2 Å². The first-order valence-corrected chi connectivity index (χ1v) is 5.79. The third-order valence-corrected chi connectivity index (χ3v) is 3.03. The largest absolute Gasteiger partial charge is 0.394 e. The first kappa shape index (κ1) is 13.5. The van der Waals surface area contributed by atoms with E-state index < -0.39 is 29.7 Å². The predicted octanol–water partition coefficient (Wildman–Crippen LogP) is -1.65. The number of aliphatic hydroxyl groups is 2. The van der Waals surface area contributed by atoms with E-state index in [0.29, 0.717) is 0 Å². The molecular weight excluding hydrogens is 252 g/mol. The van der Waals surface area contributed by atoms with Crippen molar-refractivity contribution in [2.75, 3.05) is 6.61 Å². The van der Waals surface area contributed by atoms with E-state index in [2.05, 4.69) is 10.9 Å². The number of nitrogens with zero attached hydrogens (tertiary/aromatic N) is 1. The molecule has 3 N–H and O–H groups in total. The minimum absolute atomic E-state index is 0.0916. The number of terminal acetylenes is 1. The summed E-state index contributed by atoms with van der Waals surface area (Å²) in [5.74, 6) is 2.33. The van der Waals surface area contributed by atoms with E-state index >= 15 is 0 Å². The second-order valence-electron chi connectivity index (χ2n) is 4.32. The third-order valence-electron chi connectivity index (χ3n) is 3.03. The quantitative estimate of drug-likeness (QED) is 0.569. The summed E-state index contributed by atoms with van der Waals surface area (Å²) in [6.45, 7) is -0.340. The normalized spacial score (nSPS) is 26.3. The van der Waals surface area contributed by atoms with Gasteiger partial charge in [-0.3, -0.25) is 14.3 Å². The Bertz CT molecular complexity index is 612. The average Bonchev–Trinajstić information content (AvgIpc) is 2.74. The van der Waals surface area contributed by atoms with Gasteiger partial charge < -0.3 is 14.9 Å². The van der Waals surface area contributed by atoms with Crippen LogP contribution in [0.4, 0.5) is 0 Å². The van der Waals surface area contributed by atoms with E-state index in [0.717, 1.165) is 0 Å². The topological polar surface area (TPSA) is 105 Å². The lowest BCUT2D eigenvalue weighted by molar-refractivity contribution is -0.0459. The van der Waals surface area contributed by atoms with Crippen molar-refractivity contribution in [1.82, 2.24) is 9.55 Å². The third kappa shape index (κ3) is 2.61. The predicted molar refractivity (Wildman–Crippen MR) is 65.5 cm³/mol. The molecule has 0 aromatic carbocycles. The van der Waals surface area contributed by atoms with Crippen LogP contribution in [0.3, 0.4) is 0 Å². The monoisotopic (exact) mass is 266 g/mol. The molecule has 1 saturated heterocycles. The lowest BCUT2D eigenvalue weighted by atomic mass is 10.2. The van der Waals surface area contributed by atoms with E-state index in [-0.39, 0.29) is 25.0 Å². The molecule has 19 heavy (non-hydrogen) atoms. The molecular formula is C12H14N2O5. The Morgan fingerprint density at radius 2 is 2.32 bits per heavy atom. The summed E-state index contributed by atoms with van der Waals surface area (Å²) in [5.41, 5.74) is -0.898. The van der Waals surface area contributed by atoms with Crippen molar-refractivity contribution in [3.8, 4) is 12.3 Å². The Kier molecular flexibility index (Phi) is 3.85. The van der Waals surface area contributed by atoms with Gasteiger partial charge in [-0.15, -0.1) is 12.3 Å². The number of aromatic nitrogens is 2. The highest BCUT2D eigenvalue weighted by molar-refractivity contribution is 5.12. The molecule has 7 nitrogen and oxygen atoms in total. The van der Waals surface area contributed by atoms with Gasteiger partial charge in [-0.1, -0.05) is 0 Å². The molecule has 1 aromatic heterocycles. The van der Waals surface area contributed by atoms with Crippen molar-refractivity contribution in [2.45, 2.75) is 31.3 Å². The molecule has 1 aliphatic heterocycles.